The van der Waals surface area contributed by atoms with Crippen LogP contribution in [0.15, 0.2) is 18.2 Å². The highest BCUT2D eigenvalue weighted by Crippen LogP contribution is 2.27. The second kappa shape index (κ2) is 3.28. The first-order chi connectivity index (χ1) is 6.92. The van der Waals surface area contributed by atoms with Crippen LogP contribution >= 0.6 is 0 Å². The van der Waals surface area contributed by atoms with Crippen molar-refractivity contribution in [3.8, 4) is 5.75 Å². The van der Waals surface area contributed by atoms with E-state index in [1.165, 1.54) is 30.6 Å². The van der Waals surface area contributed by atoms with E-state index in [1.54, 1.807) is 0 Å². The molecule has 1 saturated heterocycles. The third-order valence-electron chi connectivity index (χ3n) is 3.14. The number of benzene rings is 1. The van der Waals surface area contributed by atoms with E-state index in [-0.39, 0.29) is 0 Å². The zero-order valence-electron chi connectivity index (χ0n) is 8.25. The van der Waals surface area contributed by atoms with Gasteiger partial charge < -0.3 is 10.1 Å². The van der Waals surface area contributed by atoms with Crippen molar-refractivity contribution in [1.82, 2.24) is 5.32 Å². The van der Waals surface area contributed by atoms with Crippen molar-refractivity contribution >= 4 is 0 Å². The van der Waals surface area contributed by atoms with E-state index in [0.717, 1.165) is 24.7 Å². The summed E-state index contributed by atoms with van der Waals surface area (Å²) < 4.78 is 5.49. The maximum absolute atomic E-state index is 5.49. The molecule has 0 atom stereocenters. The molecule has 0 amide bonds. The maximum Gasteiger partial charge on any atom is 0.122 e. The smallest absolute Gasteiger partial charge is 0.122 e. The molecule has 2 nitrogen and oxygen atoms in total. The molecular formula is C12H15NO. The van der Waals surface area contributed by atoms with Gasteiger partial charge in [0.25, 0.3) is 0 Å². The van der Waals surface area contributed by atoms with Crippen molar-refractivity contribution in [2.45, 2.75) is 12.8 Å². The Hall–Kier alpha value is -1.02. The lowest BCUT2D eigenvalue weighted by Crippen LogP contribution is -2.43. The van der Waals surface area contributed by atoms with E-state index in [1.807, 2.05) is 0 Å². The molecule has 0 unspecified atom stereocenters. The zero-order valence-corrected chi connectivity index (χ0v) is 8.25. The number of nitrogens with one attached hydrogen (secondary N) is 1. The monoisotopic (exact) mass is 189 g/mol. The zero-order chi connectivity index (χ0) is 9.38. The molecule has 0 aliphatic carbocycles. The average Bonchev–Trinajstić information content (AvgIpc) is 2.58. The first-order valence-corrected chi connectivity index (χ1v) is 5.37. The Morgan fingerprint density at radius 3 is 3.07 bits per heavy atom. The van der Waals surface area contributed by atoms with E-state index in [0.29, 0.717) is 0 Å². The number of fused-ring (bicyclic) bond motifs is 1. The van der Waals surface area contributed by atoms with Crippen LogP contribution in [0.1, 0.15) is 11.1 Å². The molecule has 1 aromatic rings. The van der Waals surface area contributed by atoms with Crippen molar-refractivity contribution in [2.75, 3.05) is 19.7 Å². The highest BCUT2D eigenvalue weighted by atomic mass is 16.5. The Bertz CT molecular complexity index is 344. The quantitative estimate of drug-likeness (QED) is 0.759. The molecule has 14 heavy (non-hydrogen) atoms. The molecule has 2 aliphatic rings. The number of hydrogen-bond donors (Lipinski definition) is 1. The number of ether oxygens (including phenoxy) is 1. The highest BCUT2D eigenvalue weighted by Gasteiger charge is 2.18. The van der Waals surface area contributed by atoms with Gasteiger partial charge in [-0.05, 0) is 42.6 Å². The molecule has 2 heteroatoms. The molecule has 1 aromatic carbocycles. The first kappa shape index (κ1) is 8.30. The minimum atomic E-state index is 0.857. The predicted molar refractivity (Wildman–Crippen MR) is 55.7 cm³/mol. The molecule has 0 spiro atoms. The SMILES string of the molecule is c1cc2c(cc1CC1CNC1)CCO2. The van der Waals surface area contributed by atoms with Gasteiger partial charge in [0.2, 0.25) is 0 Å². The van der Waals surface area contributed by atoms with Gasteiger partial charge in [-0.1, -0.05) is 12.1 Å². The van der Waals surface area contributed by atoms with Crippen LogP contribution in [0.5, 0.6) is 5.75 Å². The second-order valence-corrected chi connectivity index (χ2v) is 4.27. The number of rotatable bonds is 2. The normalized spacial score (nSPS) is 20.0. The minimum Gasteiger partial charge on any atom is -0.493 e. The van der Waals surface area contributed by atoms with Crippen LogP contribution in [-0.2, 0) is 12.8 Å². The van der Waals surface area contributed by atoms with Gasteiger partial charge in [0.05, 0.1) is 6.61 Å². The molecule has 0 saturated carbocycles. The summed E-state index contributed by atoms with van der Waals surface area (Å²) in [4.78, 5) is 0. The standard InChI is InChI=1S/C12H15NO/c1-2-12-11(3-4-14-12)6-9(1)5-10-7-13-8-10/h1-2,6,10,13H,3-5,7-8H2. The molecule has 0 aromatic heterocycles. The molecule has 1 N–H and O–H groups in total. The lowest BCUT2D eigenvalue weighted by Gasteiger charge is -2.27. The molecule has 0 bridgehead atoms. The lowest BCUT2D eigenvalue weighted by molar-refractivity contribution is 0.346. The molecule has 3 rings (SSSR count). The van der Waals surface area contributed by atoms with E-state index in [2.05, 4.69) is 23.5 Å². The van der Waals surface area contributed by atoms with Gasteiger partial charge in [-0.2, -0.15) is 0 Å². The summed E-state index contributed by atoms with van der Waals surface area (Å²) in [7, 11) is 0. The maximum atomic E-state index is 5.49. The largest absolute Gasteiger partial charge is 0.493 e. The van der Waals surface area contributed by atoms with Gasteiger partial charge in [0, 0.05) is 6.42 Å². The Morgan fingerprint density at radius 2 is 2.29 bits per heavy atom. The summed E-state index contributed by atoms with van der Waals surface area (Å²) in [6.45, 7) is 3.24. The van der Waals surface area contributed by atoms with Crippen LogP contribution in [-0.4, -0.2) is 19.7 Å². The third kappa shape index (κ3) is 1.40. The second-order valence-electron chi connectivity index (χ2n) is 4.27. The molecular weight excluding hydrogens is 174 g/mol. The summed E-state index contributed by atoms with van der Waals surface area (Å²) in [5.41, 5.74) is 2.87. The van der Waals surface area contributed by atoms with Gasteiger partial charge >= 0.3 is 0 Å². The summed E-state index contributed by atoms with van der Waals surface area (Å²) in [6.07, 6.45) is 2.31. The van der Waals surface area contributed by atoms with E-state index in [9.17, 15) is 0 Å². The van der Waals surface area contributed by atoms with Crippen molar-refractivity contribution in [3.05, 3.63) is 29.3 Å². The molecule has 74 valence electrons. The van der Waals surface area contributed by atoms with Crippen LogP contribution in [0.3, 0.4) is 0 Å². The van der Waals surface area contributed by atoms with Gasteiger partial charge in [0.1, 0.15) is 5.75 Å². The Labute approximate surface area is 84.3 Å². The van der Waals surface area contributed by atoms with E-state index in [4.69, 9.17) is 4.74 Å². The average molecular weight is 189 g/mol. The molecule has 1 fully saturated rings. The van der Waals surface area contributed by atoms with Crippen LogP contribution in [0, 0.1) is 5.92 Å². The number of hydrogen-bond acceptors (Lipinski definition) is 2. The third-order valence-corrected chi connectivity index (χ3v) is 3.14. The van der Waals surface area contributed by atoms with Crippen LogP contribution in [0.4, 0.5) is 0 Å². The fourth-order valence-corrected chi connectivity index (χ4v) is 2.19. The van der Waals surface area contributed by atoms with Crippen molar-refractivity contribution in [3.63, 3.8) is 0 Å². The Kier molecular flexibility index (Phi) is 1.95. The van der Waals surface area contributed by atoms with Crippen molar-refractivity contribution in [1.29, 1.82) is 0 Å². The first-order valence-electron chi connectivity index (χ1n) is 5.37. The molecule has 2 heterocycles. The fraction of sp³-hybridized carbons (Fsp3) is 0.500. The van der Waals surface area contributed by atoms with Crippen LogP contribution in [0.2, 0.25) is 0 Å². The van der Waals surface area contributed by atoms with Gasteiger partial charge in [-0.15, -0.1) is 0 Å². The summed E-state index contributed by atoms with van der Waals surface area (Å²) in [5.74, 6) is 1.95. The van der Waals surface area contributed by atoms with Crippen LogP contribution in [0.25, 0.3) is 0 Å². The van der Waals surface area contributed by atoms with Gasteiger partial charge in [-0.3, -0.25) is 0 Å². The Morgan fingerprint density at radius 1 is 1.36 bits per heavy atom. The van der Waals surface area contributed by atoms with E-state index < -0.39 is 0 Å². The van der Waals surface area contributed by atoms with Crippen molar-refractivity contribution in [2.24, 2.45) is 5.92 Å². The summed E-state index contributed by atoms with van der Waals surface area (Å²) in [5, 5.41) is 3.31. The predicted octanol–water partition coefficient (Wildman–Crippen LogP) is 1.38. The topological polar surface area (TPSA) is 21.3 Å². The summed E-state index contributed by atoms with van der Waals surface area (Å²) in [6, 6.07) is 6.66. The van der Waals surface area contributed by atoms with E-state index >= 15 is 0 Å². The lowest BCUT2D eigenvalue weighted by atomic mass is 9.93. The molecule has 0 radical (unpaired) electrons. The Balaban J connectivity index is 1.78. The molecule has 2 aliphatic heterocycles. The van der Waals surface area contributed by atoms with Crippen LogP contribution < -0.4 is 10.1 Å². The highest BCUT2D eigenvalue weighted by molar-refractivity contribution is 5.40. The summed E-state index contributed by atoms with van der Waals surface area (Å²) >= 11 is 0. The van der Waals surface area contributed by atoms with Crippen molar-refractivity contribution < 1.29 is 4.74 Å². The fourth-order valence-electron chi connectivity index (χ4n) is 2.19. The minimum absolute atomic E-state index is 0.857. The van der Waals surface area contributed by atoms with Gasteiger partial charge in [0.15, 0.2) is 0 Å². The van der Waals surface area contributed by atoms with Gasteiger partial charge in [-0.25, -0.2) is 0 Å².